The number of nitrogens with one attached hydrogen (secondary N) is 1. The summed E-state index contributed by atoms with van der Waals surface area (Å²) < 4.78 is 0. The molecule has 0 radical (unpaired) electrons. The molecule has 0 saturated carbocycles. The molecule has 2 atom stereocenters. The highest BCUT2D eigenvalue weighted by Gasteiger charge is 2.29. The van der Waals surface area contributed by atoms with Crippen molar-refractivity contribution in [1.82, 2.24) is 20.4 Å². The molecule has 1 aliphatic heterocycles. The van der Waals surface area contributed by atoms with Gasteiger partial charge < -0.3 is 10.2 Å². The van der Waals surface area contributed by atoms with Crippen LogP contribution in [0.25, 0.3) is 0 Å². The predicted octanol–water partition coefficient (Wildman–Crippen LogP) is 0.885. The van der Waals surface area contributed by atoms with Crippen LogP contribution in [0.2, 0.25) is 0 Å². The highest BCUT2D eigenvalue weighted by atomic mass is 32.1. The molecular weight excluding hydrogens is 236 g/mol. The Balaban J connectivity index is 2.07. The maximum Gasteiger partial charge on any atom is 0.240 e. The molecule has 2 heterocycles. The third-order valence-electron chi connectivity index (χ3n) is 3.22. The van der Waals surface area contributed by atoms with E-state index in [0.717, 1.165) is 24.4 Å². The average Bonchev–Trinajstić information content (AvgIpc) is 2.78. The lowest BCUT2D eigenvalue weighted by atomic mass is 10.0. The molecule has 17 heavy (non-hydrogen) atoms. The van der Waals surface area contributed by atoms with Gasteiger partial charge in [0.1, 0.15) is 10.5 Å². The van der Waals surface area contributed by atoms with E-state index in [4.69, 9.17) is 0 Å². The number of likely N-dealkylation sites (N-methyl/N-ethyl adjacent to an activating group) is 1. The van der Waals surface area contributed by atoms with Crippen molar-refractivity contribution in [1.29, 1.82) is 0 Å². The van der Waals surface area contributed by atoms with Gasteiger partial charge in [0.2, 0.25) is 5.91 Å². The molecule has 1 amide bonds. The van der Waals surface area contributed by atoms with Crippen molar-refractivity contribution in [3.05, 3.63) is 10.5 Å². The van der Waals surface area contributed by atoms with Crippen molar-refractivity contribution in [3.63, 3.8) is 0 Å². The van der Waals surface area contributed by atoms with Crippen molar-refractivity contribution in [3.8, 4) is 0 Å². The van der Waals surface area contributed by atoms with Crippen LogP contribution in [0.3, 0.4) is 0 Å². The molecule has 2 rings (SSSR count). The molecule has 0 bridgehead atoms. The van der Waals surface area contributed by atoms with E-state index in [-0.39, 0.29) is 11.9 Å². The number of aromatic nitrogens is 2. The van der Waals surface area contributed by atoms with Gasteiger partial charge in [0.15, 0.2) is 0 Å². The second-order valence-electron chi connectivity index (χ2n) is 4.56. The Morgan fingerprint density at radius 2 is 2.47 bits per heavy atom. The molecule has 0 aromatic carbocycles. The SMILES string of the molecule is CNC1CC(C)CCN(Cc2nncs2)C1=O. The fourth-order valence-electron chi connectivity index (χ4n) is 2.15. The topological polar surface area (TPSA) is 58.1 Å². The molecule has 0 aliphatic carbocycles. The molecule has 1 fully saturated rings. The predicted molar refractivity (Wildman–Crippen MR) is 66.6 cm³/mol. The van der Waals surface area contributed by atoms with Gasteiger partial charge in [0.25, 0.3) is 0 Å². The molecule has 6 heteroatoms. The number of nitrogens with zero attached hydrogens (tertiary/aromatic N) is 3. The summed E-state index contributed by atoms with van der Waals surface area (Å²) >= 11 is 1.50. The first-order valence-corrected chi connectivity index (χ1v) is 6.79. The molecular formula is C11H18N4OS. The first-order valence-electron chi connectivity index (χ1n) is 5.91. The number of likely N-dealkylation sites (tertiary alicyclic amines) is 1. The summed E-state index contributed by atoms with van der Waals surface area (Å²) in [6.07, 6.45) is 1.98. The third-order valence-corrected chi connectivity index (χ3v) is 3.90. The fourth-order valence-corrected chi connectivity index (χ4v) is 2.69. The summed E-state index contributed by atoms with van der Waals surface area (Å²) in [4.78, 5) is 14.2. The Kier molecular flexibility index (Phi) is 4.06. The monoisotopic (exact) mass is 254 g/mol. The summed E-state index contributed by atoms with van der Waals surface area (Å²) in [5.74, 6) is 0.767. The van der Waals surface area contributed by atoms with Crippen LogP contribution < -0.4 is 5.32 Å². The van der Waals surface area contributed by atoms with Crippen molar-refractivity contribution < 1.29 is 4.79 Å². The van der Waals surface area contributed by atoms with Gasteiger partial charge in [0.05, 0.1) is 12.6 Å². The van der Waals surface area contributed by atoms with E-state index in [1.54, 1.807) is 5.51 Å². The fraction of sp³-hybridized carbons (Fsp3) is 0.727. The highest BCUT2D eigenvalue weighted by Crippen LogP contribution is 2.20. The summed E-state index contributed by atoms with van der Waals surface area (Å²) in [6.45, 7) is 3.61. The van der Waals surface area contributed by atoms with Gasteiger partial charge in [-0.1, -0.05) is 6.92 Å². The zero-order chi connectivity index (χ0) is 12.3. The quantitative estimate of drug-likeness (QED) is 0.870. The van der Waals surface area contributed by atoms with Crippen LogP contribution in [-0.2, 0) is 11.3 Å². The Morgan fingerprint density at radius 1 is 1.65 bits per heavy atom. The molecule has 2 unspecified atom stereocenters. The van der Waals surface area contributed by atoms with Crippen LogP contribution in [0.4, 0.5) is 0 Å². The van der Waals surface area contributed by atoms with Gasteiger partial charge in [0, 0.05) is 6.54 Å². The molecule has 94 valence electrons. The first-order chi connectivity index (χ1) is 8.20. The van der Waals surface area contributed by atoms with Crippen LogP contribution in [-0.4, -0.2) is 40.6 Å². The Morgan fingerprint density at radius 3 is 3.12 bits per heavy atom. The number of hydrogen-bond donors (Lipinski definition) is 1. The lowest BCUT2D eigenvalue weighted by molar-refractivity contribution is -0.133. The minimum Gasteiger partial charge on any atom is -0.334 e. The largest absolute Gasteiger partial charge is 0.334 e. The van der Waals surface area contributed by atoms with Crippen LogP contribution in [0.1, 0.15) is 24.8 Å². The number of carbonyl (C=O) groups excluding carboxylic acids is 1. The zero-order valence-corrected chi connectivity index (χ0v) is 11.0. The summed E-state index contributed by atoms with van der Waals surface area (Å²) in [7, 11) is 1.85. The number of rotatable bonds is 3. The van der Waals surface area contributed by atoms with E-state index in [0.29, 0.717) is 12.5 Å². The van der Waals surface area contributed by atoms with E-state index in [1.165, 1.54) is 11.3 Å². The minimum absolute atomic E-state index is 0.0552. The summed E-state index contributed by atoms with van der Waals surface area (Å²) in [5, 5.41) is 11.8. The van der Waals surface area contributed by atoms with E-state index in [1.807, 2.05) is 11.9 Å². The lowest BCUT2D eigenvalue weighted by Crippen LogP contribution is -2.43. The normalized spacial score (nSPS) is 26.0. The number of hydrogen-bond acceptors (Lipinski definition) is 5. The van der Waals surface area contributed by atoms with Crippen LogP contribution in [0.5, 0.6) is 0 Å². The third kappa shape index (κ3) is 3.01. The number of amides is 1. The highest BCUT2D eigenvalue weighted by molar-refractivity contribution is 7.09. The molecule has 1 aromatic rings. The molecule has 1 aliphatic rings. The maximum atomic E-state index is 12.3. The van der Waals surface area contributed by atoms with Crippen molar-refractivity contribution >= 4 is 17.2 Å². The minimum atomic E-state index is -0.0552. The first kappa shape index (κ1) is 12.4. The molecule has 1 aromatic heterocycles. The van der Waals surface area contributed by atoms with Crippen molar-refractivity contribution in [2.75, 3.05) is 13.6 Å². The van der Waals surface area contributed by atoms with E-state index < -0.39 is 0 Å². The lowest BCUT2D eigenvalue weighted by Gasteiger charge is -2.22. The summed E-state index contributed by atoms with van der Waals surface area (Å²) in [5.41, 5.74) is 1.70. The second-order valence-corrected chi connectivity index (χ2v) is 5.48. The molecule has 1 N–H and O–H groups in total. The molecule has 1 saturated heterocycles. The van der Waals surface area contributed by atoms with Gasteiger partial charge in [-0.3, -0.25) is 4.79 Å². The molecule has 5 nitrogen and oxygen atoms in total. The van der Waals surface area contributed by atoms with Crippen LogP contribution in [0, 0.1) is 5.92 Å². The molecule has 0 spiro atoms. The maximum absolute atomic E-state index is 12.3. The van der Waals surface area contributed by atoms with Crippen LogP contribution in [0.15, 0.2) is 5.51 Å². The summed E-state index contributed by atoms with van der Waals surface area (Å²) in [6, 6.07) is -0.0552. The Hall–Kier alpha value is -1.01. The number of carbonyl (C=O) groups is 1. The Bertz CT molecular complexity index is 368. The van der Waals surface area contributed by atoms with E-state index >= 15 is 0 Å². The van der Waals surface area contributed by atoms with Crippen molar-refractivity contribution in [2.45, 2.75) is 32.4 Å². The average molecular weight is 254 g/mol. The van der Waals surface area contributed by atoms with Crippen LogP contribution >= 0.6 is 11.3 Å². The van der Waals surface area contributed by atoms with Crippen molar-refractivity contribution in [2.24, 2.45) is 5.92 Å². The van der Waals surface area contributed by atoms with Gasteiger partial charge in [-0.2, -0.15) is 0 Å². The van der Waals surface area contributed by atoms with Gasteiger partial charge >= 0.3 is 0 Å². The van der Waals surface area contributed by atoms with E-state index in [2.05, 4.69) is 22.4 Å². The van der Waals surface area contributed by atoms with Gasteiger partial charge in [-0.05, 0) is 25.8 Å². The standard InChI is InChI=1S/C11H18N4OS/c1-8-3-4-15(6-10-14-13-7-17-10)11(16)9(5-8)12-2/h7-9,12H,3-6H2,1-2H3. The Labute approximate surface area is 105 Å². The van der Waals surface area contributed by atoms with Gasteiger partial charge in [-0.25, -0.2) is 0 Å². The van der Waals surface area contributed by atoms with Gasteiger partial charge in [-0.15, -0.1) is 21.5 Å². The smallest absolute Gasteiger partial charge is 0.240 e. The van der Waals surface area contributed by atoms with E-state index in [9.17, 15) is 4.79 Å². The zero-order valence-electron chi connectivity index (χ0n) is 10.2. The second kappa shape index (κ2) is 5.55.